The number of nitrogens with one attached hydrogen (secondary N) is 1. The number of carboxylic acids is 1. The van der Waals surface area contributed by atoms with E-state index in [0.29, 0.717) is 13.2 Å². The van der Waals surface area contributed by atoms with E-state index in [9.17, 15) is 9.59 Å². The summed E-state index contributed by atoms with van der Waals surface area (Å²) in [5, 5.41) is 11.3. The zero-order valence-electron chi connectivity index (χ0n) is 10.7. The van der Waals surface area contributed by atoms with Gasteiger partial charge in [-0.05, 0) is 12.8 Å². The lowest BCUT2D eigenvalue weighted by atomic mass is 10.1. The molecule has 1 heterocycles. The summed E-state index contributed by atoms with van der Waals surface area (Å²) in [5.41, 5.74) is 0. The number of carbonyl (C=O) groups excluding carboxylic acids is 1. The van der Waals surface area contributed by atoms with Crippen molar-refractivity contribution in [3.63, 3.8) is 0 Å². The van der Waals surface area contributed by atoms with E-state index in [2.05, 4.69) is 5.32 Å². The van der Waals surface area contributed by atoms with E-state index < -0.39 is 18.0 Å². The summed E-state index contributed by atoms with van der Waals surface area (Å²) in [6, 6.07) is -1.33. The Bertz CT molecular complexity index is 291. The Morgan fingerprint density at radius 1 is 1.50 bits per heavy atom. The van der Waals surface area contributed by atoms with Gasteiger partial charge in [0, 0.05) is 33.4 Å². The van der Waals surface area contributed by atoms with Crippen molar-refractivity contribution < 1.29 is 24.2 Å². The van der Waals surface area contributed by atoms with Crippen LogP contribution in [0, 0.1) is 0 Å². The fraction of sp³-hybridized carbons (Fsp3) is 0.818. The molecule has 104 valence electrons. The Balaban J connectivity index is 2.48. The van der Waals surface area contributed by atoms with Crippen molar-refractivity contribution >= 4 is 12.0 Å². The van der Waals surface area contributed by atoms with Crippen molar-refractivity contribution in [2.45, 2.75) is 24.9 Å². The van der Waals surface area contributed by atoms with Crippen molar-refractivity contribution in [2.24, 2.45) is 0 Å². The number of carboxylic acid groups (broad SMARTS) is 1. The van der Waals surface area contributed by atoms with Gasteiger partial charge < -0.3 is 24.8 Å². The lowest BCUT2D eigenvalue weighted by molar-refractivity contribution is -0.140. The largest absolute Gasteiger partial charge is 0.480 e. The monoisotopic (exact) mass is 260 g/mol. The van der Waals surface area contributed by atoms with E-state index in [0.717, 1.165) is 12.8 Å². The third-order valence-corrected chi connectivity index (χ3v) is 2.99. The number of ether oxygens (including phenoxy) is 2. The van der Waals surface area contributed by atoms with Crippen molar-refractivity contribution in [1.82, 2.24) is 10.2 Å². The van der Waals surface area contributed by atoms with Gasteiger partial charge in [-0.15, -0.1) is 0 Å². The number of carbonyl (C=O) groups is 2. The van der Waals surface area contributed by atoms with Crippen molar-refractivity contribution in [2.75, 3.05) is 34.0 Å². The van der Waals surface area contributed by atoms with Crippen LogP contribution in [0.1, 0.15) is 12.8 Å². The van der Waals surface area contributed by atoms with Gasteiger partial charge in [-0.2, -0.15) is 0 Å². The Hall–Kier alpha value is -1.34. The van der Waals surface area contributed by atoms with Gasteiger partial charge in [0.2, 0.25) is 0 Å². The molecule has 0 saturated carbocycles. The maximum Gasteiger partial charge on any atom is 0.328 e. The Morgan fingerprint density at radius 2 is 2.11 bits per heavy atom. The van der Waals surface area contributed by atoms with Crippen LogP contribution < -0.4 is 5.32 Å². The molecule has 1 atom stereocenters. The highest BCUT2D eigenvalue weighted by Gasteiger charge is 2.26. The number of amides is 2. The highest BCUT2D eigenvalue weighted by molar-refractivity contribution is 5.82. The number of methoxy groups -OCH3 is 1. The van der Waals surface area contributed by atoms with Crippen LogP contribution in [0.5, 0.6) is 0 Å². The van der Waals surface area contributed by atoms with Crippen LogP contribution in [-0.2, 0) is 14.3 Å². The van der Waals surface area contributed by atoms with Crippen molar-refractivity contribution in [3.8, 4) is 0 Å². The number of aliphatic carboxylic acids is 1. The molecule has 7 heteroatoms. The summed E-state index contributed by atoms with van der Waals surface area (Å²) in [6.45, 7) is 1.20. The van der Waals surface area contributed by atoms with Crippen LogP contribution >= 0.6 is 0 Å². The van der Waals surface area contributed by atoms with Crippen LogP contribution in [0.25, 0.3) is 0 Å². The van der Waals surface area contributed by atoms with Crippen molar-refractivity contribution in [1.29, 1.82) is 0 Å². The SMILES string of the molecule is COCC(NC(=O)N(C)C1CCOCC1)C(=O)O. The number of hydrogen-bond acceptors (Lipinski definition) is 4. The topological polar surface area (TPSA) is 88.1 Å². The minimum absolute atomic E-state index is 0.0529. The quantitative estimate of drug-likeness (QED) is 0.721. The standard InChI is InChI=1S/C11H20N2O5/c1-13(8-3-5-18-6-4-8)11(16)12-9(7-17-2)10(14)15/h8-9H,3-7H2,1-2H3,(H,12,16)(H,14,15). The van der Waals surface area contributed by atoms with E-state index in [1.165, 1.54) is 12.0 Å². The second-order valence-electron chi connectivity index (χ2n) is 4.25. The molecule has 1 saturated heterocycles. The predicted molar refractivity (Wildman–Crippen MR) is 63.4 cm³/mol. The Labute approximate surface area is 106 Å². The summed E-state index contributed by atoms with van der Waals surface area (Å²) in [6.07, 6.45) is 1.54. The fourth-order valence-electron chi connectivity index (χ4n) is 1.83. The zero-order valence-corrected chi connectivity index (χ0v) is 10.7. The lowest BCUT2D eigenvalue weighted by Crippen LogP contribution is -2.52. The number of rotatable bonds is 5. The second kappa shape index (κ2) is 7.17. The summed E-state index contributed by atoms with van der Waals surface area (Å²) in [5.74, 6) is -1.11. The molecule has 1 unspecified atom stereocenters. The predicted octanol–water partition coefficient (Wildman–Crippen LogP) is -0.0936. The molecule has 1 fully saturated rings. The number of nitrogens with zero attached hydrogens (tertiary/aromatic N) is 1. The zero-order chi connectivity index (χ0) is 13.5. The maximum absolute atomic E-state index is 11.9. The molecule has 1 aliphatic heterocycles. The number of hydrogen-bond donors (Lipinski definition) is 2. The van der Waals surface area contributed by atoms with Gasteiger partial charge in [0.15, 0.2) is 6.04 Å². The van der Waals surface area contributed by atoms with Gasteiger partial charge >= 0.3 is 12.0 Å². The molecule has 0 spiro atoms. The first-order valence-electron chi connectivity index (χ1n) is 5.89. The van der Waals surface area contributed by atoms with Crippen LogP contribution in [0.3, 0.4) is 0 Å². The van der Waals surface area contributed by atoms with Gasteiger partial charge in [-0.3, -0.25) is 0 Å². The average molecular weight is 260 g/mol. The average Bonchev–Trinajstić information content (AvgIpc) is 2.38. The normalized spacial score (nSPS) is 18.1. The minimum atomic E-state index is -1.11. The molecule has 0 aliphatic carbocycles. The van der Waals surface area contributed by atoms with Gasteiger partial charge in [-0.1, -0.05) is 0 Å². The first-order valence-corrected chi connectivity index (χ1v) is 5.89. The molecule has 2 N–H and O–H groups in total. The van der Waals surface area contributed by atoms with Gasteiger partial charge in [0.25, 0.3) is 0 Å². The van der Waals surface area contributed by atoms with Crippen LogP contribution in [0.15, 0.2) is 0 Å². The van der Waals surface area contributed by atoms with E-state index in [4.69, 9.17) is 14.6 Å². The Morgan fingerprint density at radius 3 is 2.61 bits per heavy atom. The molecular formula is C11H20N2O5. The number of urea groups is 1. The van der Waals surface area contributed by atoms with Gasteiger partial charge in [0.1, 0.15) is 0 Å². The molecule has 2 amide bonds. The van der Waals surface area contributed by atoms with Gasteiger partial charge in [-0.25, -0.2) is 9.59 Å². The minimum Gasteiger partial charge on any atom is -0.480 e. The van der Waals surface area contributed by atoms with Crippen LogP contribution in [0.2, 0.25) is 0 Å². The molecular weight excluding hydrogens is 240 g/mol. The first kappa shape index (κ1) is 14.7. The third kappa shape index (κ3) is 4.15. The third-order valence-electron chi connectivity index (χ3n) is 2.99. The van der Waals surface area contributed by atoms with E-state index >= 15 is 0 Å². The van der Waals surface area contributed by atoms with Crippen LogP contribution in [-0.4, -0.2) is 68.1 Å². The van der Waals surface area contributed by atoms with Crippen molar-refractivity contribution in [3.05, 3.63) is 0 Å². The van der Waals surface area contributed by atoms with E-state index in [1.807, 2.05) is 0 Å². The molecule has 0 aromatic carbocycles. The highest BCUT2D eigenvalue weighted by Crippen LogP contribution is 2.12. The summed E-state index contributed by atoms with van der Waals surface area (Å²) >= 11 is 0. The highest BCUT2D eigenvalue weighted by atomic mass is 16.5. The van der Waals surface area contributed by atoms with Crippen LogP contribution in [0.4, 0.5) is 4.79 Å². The molecule has 0 aromatic heterocycles. The maximum atomic E-state index is 11.9. The molecule has 0 aromatic rings. The van der Waals surface area contributed by atoms with Gasteiger partial charge in [0.05, 0.1) is 6.61 Å². The smallest absolute Gasteiger partial charge is 0.328 e. The second-order valence-corrected chi connectivity index (χ2v) is 4.25. The molecule has 1 rings (SSSR count). The molecule has 7 nitrogen and oxygen atoms in total. The fourth-order valence-corrected chi connectivity index (χ4v) is 1.83. The molecule has 1 aliphatic rings. The summed E-state index contributed by atoms with van der Waals surface area (Å²) in [7, 11) is 3.06. The lowest BCUT2D eigenvalue weighted by Gasteiger charge is -2.32. The first-order chi connectivity index (χ1) is 8.56. The summed E-state index contributed by atoms with van der Waals surface area (Å²) in [4.78, 5) is 24.3. The summed E-state index contributed by atoms with van der Waals surface area (Å²) < 4.78 is 9.97. The van der Waals surface area contributed by atoms with E-state index in [1.54, 1.807) is 7.05 Å². The Kier molecular flexibility index (Phi) is 5.87. The van der Waals surface area contributed by atoms with E-state index in [-0.39, 0.29) is 12.6 Å². The molecule has 18 heavy (non-hydrogen) atoms. The molecule has 0 bridgehead atoms. The molecule has 0 radical (unpaired) electrons.